The van der Waals surface area contributed by atoms with Gasteiger partial charge in [-0.2, -0.15) is 0 Å². The highest BCUT2D eigenvalue weighted by Gasteiger charge is 2.19. The van der Waals surface area contributed by atoms with Crippen LogP contribution in [0.5, 0.6) is 0 Å². The predicted octanol–water partition coefficient (Wildman–Crippen LogP) is 3.61. The van der Waals surface area contributed by atoms with Crippen LogP contribution in [0.1, 0.15) is 5.56 Å². The normalized spacial score (nSPS) is 11.4. The molecule has 4 nitrogen and oxygen atoms in total. The maximum atomic E-state index is 13.0. The molecule has 0 atom stereocenters. The number of halogens is 3. The summed E-state index contributed by atoms with van der Waals surface area (Å²) in [4.78, 5) is 0.0710. The number of rotatable bonds is 4. The number of nitrogens with two attached hydrogens (primary N) is 1. The topological polar surface area (TPSA) is 72.2 Å². The summed E-state index contributed by atoms with van der Waals surface area (Å²) < 4.78 is 41.0. The Morgan fingerprint density at radius 1 is 1.10 bits per heavy atom. The lowest BCUT2D eigenvalue weighted by molar-refractivity contribution is 0.600. The summed E-state index contributed by atoms with van der Waals surface area (Å²) in [6.45, 7) is 0.232. The molecular formula is C13H11Br2FN2O2S. The molecule has 0 saturated heterocycles. The molecule has 0 unspecified atom stereocenters. The molecule has 3 N–H and O–H groups in total. The highest BCUT2D eigenvalue weighted by atomic mass is 79.9. The van der Waals surface area contributed by atoms with Gasteiger partial charge in [0.1, 0.15) is 10.7 Å². The molecule has 0 bridgehead atoms. The standard InChI is InChI=1S/C13H11Br2FN2O2S/c14-10-3-1-8(7-17)5-13(10)21(19,20)18-12-4-2-9(16)6-11(12)15/h1-6,18H,7,17H2. The van der Waals surface area contributed by atoms with Crippen molar-refractivity contribution < 1.29 is 12.8 Å². The summed E-state index contributed by atoms with van der Waals surface area (Å²) in [6.07, 6.45) is 0. The first kappa shape index (κ1) is 16.4. The van der Waals surface area contributed by atoms with E-state index >= 15 is 0 Å². The second-order valence-corrected chi connectivity index (χ2v) is 7.56. The average molecular weight is 438 g/mol. The SMILES string of the molecule is NCc1ccc(Br)c(S(=O)(=O)Nc2ccc(F)cc2Br)c1. The van der Waals surface area contributed by atoms with Crippen LogP contribution in [0.3, 0.4) is 0 Å². The number of hydrogen-bond donors (Lipinski definition) is 2. The molecule has 0 fully saturated rings. The number of nitrogens with one attached hydrogen (secondary N) is 1. The zero-order chi connectivity index (χ0) is 15.6. The van der Waals surface area contributed by atoms with Crippen LogP contribution in [0.15, 0.2) is 50.2 Å². The second kappa shape index (κ2) is 6.43. The molecule has 0 spiro atoms. The number of benzene rings is 2. The van der Waals surface area contributed by atoms with Crippen LogP contribution in [0.4, 0.5) is 10.1 Å². The summed E-state index contributed by atoms with van der Waals surface area (Å²) in [7, 11) is -3.82. The molecule has 2 aromatic carbocycles. The molecule has 0 amide bonds. The Kier molecular flexibility index (Phi) is 5.03. The van der Waals surface area contributed by atoms with Crippen LogP contribution >= 0.6 is 31.9 Å². The van der Waals surface area contributed by atoms with Crippen LogP contribution in [0.2, 0.25) is 0 Å². The Morgan fingerprint density at radius 3 is 2.43 bits per heavy atom. The molecule has 0 heterocycles. The monoisotopic (exact) mass is 436 g/mol. The van der Waals surface area contributed by atoms with Gasteiger partial charge in [0.25, 0.3) is 10.0 Å². The minimum absolute atomic E-state index is 0.0710. The van der Waals surface area contributed by atoms with Gasteiger partial charge in [-0.25, -0.2) is 12.8 Å². The molecule has 112 valence electrons. The quantitative estimate of drug-likeness (QED) is 0.767. The van der Waals surface area contributed by atoms with Gasteiger partial charge in [-0.05, 0) is 67.8 Å². The zero-order valence-corrected chi connectivity index (χ0v) is 14.6. The van der Waals surface area contributed by atoms with Crippen LogP contribution in [-0.2, 0) is 16.6 Å². The van der Waals surface area contributed by atoms with Gasteiger partial charge in [-0.3, -0.25) is 4.72 Å². The highest BCUT2D eigenvalue weighted by molar-refractivity contribution is 9.11. The Hall–Kier alpha value is -0.960. The zero-order valence-electron chi connectivity index (χ0n) is 10.6. The molecular weight excluding hydrogens is 427 g/mol. The van der Waals surface area contributed by atoms with E-state index < -0.39 is 15.8 Å². The van der Waals surface area contributed by atoms with Crippen molar-refractivity contribution in [3.8, 4) is 0 Å². The van der Waals surface area contributed by atoms with Gasteiger partial charge >= 0.3 is 0 Å². The Labute approximate surface area is 138 Å². The summed E-state index contributed by atoms with van der Waals surface area (Å²) >= 11 is 6.33. The van der Waals surface area contributed by atoms with Crippen molar-refractivity contribution in [3.63, 3.8) is 0 Å². The maximum absolute atomic E-state index is 13.0. The van der Waals surface area contributed by atoms with Crippen molar-refractivity contribution >= 4 is 47.6 Å². The molecule has 0 radical (unpaired) electrons. The van der Waals surface area contributed by atoms with E-state index in [4.69, 9.17) is 5.73 Å². The van der Waals surface area contributed by atoms with Gasteiger partial charge in [0.15, 0.2) is 0 Å². The third kappa shape index (κ3) is 3.82. The third-order valence-corrected chi connectivity index (χ3v) is 5.71. The molecule has 2 aromatic rings. The van der Waals surface area contributed by atoms with Crippen molar-refractivity contribution in [2.75, 3.05) is 4.72 Å². The van der Waals surface area contributed by atoms with Gasteiger partial charge in [0.2, 0.25) is 0 Å². The predicted molar refractivity (Wildman–Crippen MR) is 86.9 cm³/mol. The minimum Gasteiger partial charge on any atom is -0.326 e. The highest BCUT2D eigenvalue weighted by Crippen LogP contribution is 2.29. The van der Waals surface area contributed by atoms with E-state index in [1.54, 1.807) is 12.1 Å². The smallest absolute Gasteiger partial charge is 0.263 e. The summed E-state index contributed by atoms with van der Waals surface area (Å²) in [5.41, 5.74) is 6.47. The molecule has 0 saturated carbocycles. The first-order valence-corrected chi connectivity index (χ1v) is 8.87. The molecule has 0 aliphatic heterocycles. The van der Waals surface area contributed by atoms with Crippen LogP contribution < -0.4 is 10.5 Å². The minimum atomic E-state index is -3.82. The fourth-order valence-corrected chi connectivity index (χ4v) is 4.33. The number of hydrogen-bond acceptors (Lipinski definition) is 3. The van der Waals surface area contributed by atoms with Gasteiger partial charge in [0.05, 0.1) is 5.69 Å². The molecule has 0 aromatic heterocycles. The van der Waals surface area contributed by atoms with E-state index in [-0.39, 0.29) is 17.1 Å². The third-order valence-electron chi connectivity index (χ3n) is 2.70. The molecule has 8 heteroatoms. The maximum Gasteiger partial charge on any atom is 0.263 e. The van der Waals surface area contributed by atoms with Crippen LogP contribution in [-0.4, -0.2) is 8.42 Å². The van der Waals surface area contributed by atoms with Gasteiger partial charge in [-0.15, -0.1) is 0 Å². The largest absolute Gasteiger partial charge is 0.326 e. The van der Waals surface area contributed by atoms with E-state index in [1.807, 2.05) is 0 Å². The lowest BCUT2D eigenvalue weighted by Gasteiger charge is -2.12. The Bertz CT molecular complexity index is 782. The Balaban J connectivity index is 2.43. The van der Waals surface area contributed by atoms with Crippen LogP contribution in [0, 0.1) is 5.82 Å². The summed E-state index contributed by atoms with van der Waals surface area (Å²) in [5, 5.41) is 0. The average Bonchev–Trinajstić information content (AvgIpc) is 2.42. The van der Waals surface area contributed by atoms with E-state index in [0.717, 1.165) is 0 Å². The fourth-order valence-electron chi connectivity index (χ4n) is 1.65. The van der Waals surface area contributed by atoms with Gasteiger partial charge in [0, 0.05) is 15.5 Å². The Morgan fingerprint density at radius 2 is 1.81 bits per heavy atom. The van der Waals surface area contributed by atoms with E-state index in [1.165, 1.54) is 24.3 Å². The van der Waals surface area contributed by atoms with Crippen molar-refractivity contribution in [2.24, 2.45) is 5.73 Å². The first-order valence-electron chi connectivity index (χ1n) is 5.80. The number of anilines is 1. The molecule has 2 rings (SSSR count). The summed E-state index contributed by atoms with van der Waals surface area (Å²) in [5.74, 6) is -0.462. The van der Waals surface area contributed by atoms with Gasteiger partial charge in [-0.1, -0.05) is 6.07 Å². The van der Waals surface area contributed by atoms with E-state index in [2.05, 4.69) is 36.6 Å². The molecule has 0 aliphatic rings. The van der Waals surface area contributed by atoms with Crippen molar-refractivity contribution in [1.29, 1.82) is 0 Å². The van der Waals surface area contributed by atoms with E-state index in [0.29, 0.717) is 14.5 Å². The van der Waals surface area contributed by atoms with Crippen molar-refractivity contribution in [3.05, 3.63) is 56.7 Å². The van der Waals surface area contributed by atoms with Crippen molar-refractivity contribution in [1.82, 2.24) is 0 Å². The second-order valence-electron chi connectivity index (χ2n) is 4.20. The number of sulfonamides is 1. The van der Waals surface area contributed by atoms with Gasteiger partial charge < -0.3 is 5.73 Å². The first-order chi connectivity index (χ1) is 9.83. The van der Waals surface area contributed by atoms with Crippen LogP contribution in [0.25, 0.3) is 0 Å². The lowest BCUT2D eigenvalue weighted by atomic mass is 10.2. The fraction of sp³-hybridized carbons (Fsp3) is 0.0769. The lowest BCUT2D eigenvalue weighted by Crippen LogP contribution is -2.14. The van der Waals surface area contributed by atoms with E-state index in [9.17, 15) is 12.8 Å². The van der Waals surface area contributed by atoms with Crippen molar-refractivity contribution in [2.45, 2.75) is 11.4 Å². The molecule has 21 heavy (non-hydrogen) atoms. The molecule has 0 aliphatic carbocycles. The summed E-state index contributed by atoms with van der Waals surface area (Å²) in [6, 6.07) is 8.55.